The maximum atomic E-state index is 12.3. The highest BCUT2D eigenvalue weighted by Crippen LogP contribution is 2.35. The lowest BCUT2D eigenvalue weighted by Crippen LogP contribution is -2.48. The van der Waals surface area contributed by atoms with E-state index in [9.17, 15) is 4.79 Å². The fourth-order valence-electron chi connectivity index (χ4n) is 2.61. The van der Waals surface area contributed by atoms with E-state index in [0.717, 1.165) is 18.7 Å². The number of carbonyl (C=O) groups excluding carboxylic acids is 1. The van der Waals surface area contributed by atoms with E-state index in [4.69, 9.17) is 13.9 Å². The zero-order valence-corrected chi connectivity index (χ0v) is 15.0. The predicted molar refractivity (Wildman–Crippen MR) is 96.1 cm³/mol. The third-order valence-corrected chi connectivity index (χ3v) is 4.00. The Morgan fingerprint density at radius 1 is 1.20 bits per heavy atom. The highest BCUT2D eigenvalue weighted by Gasteiger charge is 2.23. The molecule has 2 aliphatic heterocycles. The minimum Gasteiger partial charge on any atom is -0.486 e. The van der Waals surface area contributed by atoms with Gasteiger partial charge in [-0.1, -0.05) is 0 Å². The molecule has 0 radical (unpaired) electrons. The molecule has 4 rings (SSSR count). The fourth-order valence-corrected chi connectivity index (χ4v) is 2.61. The first-order valence-corrected chi connectivity index (χ1v) is 7.63. The third-order valence-electron chi connectivity index (χ3n) is 4.00. The summed E-state index contributed by atoms with van der Waals surface area (Å²) in [6.07, 6.45) is 1.28. The lowest BCUT2D eigenvalue weighted by Gasteiger charge is -2.26. The predicted octanol–water partition coefficient (Wildman–Crippen LogP) is 1.91. The second kappa shape index (κ2) is 8.42. The number of nitrogens with one attached hydrogen (secondary N) is 2. The molecule has 9 heteroatoms. The Bertz CT molecular complexity index is 734. The molecule has 0 unspecified atom stereocenters. The largest absolute Gasteiger partial charge is 0.486 e. The number of ether oxygens (including phenoxy) is 2. The summed E-state index contributed by atoms with van der Waals surface area (Å²) in [5, 5.41) is 6.08. The SMILES string of the molecule is Cl.Cl.O=C(NCC1CNC1)c1ncoc1-c1ccc2c(c1)OCCO2. The summed E-state index contributed by atoms with van der Waals surface area (Å²) in [5.41, 5.74) is 1.02. The van der Waals surface area contributed by atoms with Gasteiger partial charge in [-0.15, -0.1) is 24.8 Å². The second-order valence-electron chi connectivity index (χ2n) is 5.62. The number of rotatable bonds is 4. The van der Waals surface area contributed by atoms with E-state index in [1.54, 1.807) is 0 Å². The fraction of sp³-hybridized carbons (Fsp3) is 0.375. The molecule has 0 bridgehead atoms. The normalized spacial score (nSPS) is 15.4. The summed E-state index contributed by atoms with van der Waals surface area (Å²) in [4.78, 5) is 16.4. The molecule has 1 fully saturated rings. The summed E-state index contributed by atoms with van der Waals surface area (Å²) in [6, 6.07) is 5.45. The first kappa shape index (κ1) is 19.4. The first-order chi connectivity index (χ1) is 11.3. The van der Waals surface area contributed by atoms with Crippen molar-refractivity contribution in [2.45, 2.75) is 0 Å². The number of carbonyl (C=O) groups is 1. The van der Waals surface area contributed by atoms with Crippen molar-refractivity contribution in [3.05, 3.63) is 30.3 Å². The summed E-state index contributed by atoms with van der Waals surface area (Å²) in [5.74, 6) is 2.05. The molecule has 1 amide bonds. The van der Waals surface area contributed by atoms with E-state index in [0.29, 0.717) is 42.9 Å². The standard InChI is InChI=1S/C16H17N3O4.2ClH/c20-16(18-8-10-6-17-7-10)14-15(23-9-19-14)11-1-2-12-13(5-11)22-4-3-21-12;;/h1-2,5,9-10,17H,3-4,6-8H2,(H,18,20);2*1H. The average Bonchev–Trinajstić information content (AvgIpc) is 3.02. The molecule has 0 saturated carbocycles. The number of benzene rings is 1. The molecule has 136 valence electrons. The molecule has 0 spiro atoms. The van der Waals surface area contributed by atoms with Gasteiger partial charge in [-0.2, -0.15) is 0 Å². The van der Waals surface area contributed by atoms with Gasteiger partial charge in [0.1, 0.15) is 13.2 Å². The summed E-state index contributed by atoms with van der Waals surface area (Å²) in [7, 11) is 0. The van der Waals surface area contributed by atoms with Gasteiger partial charge in [-0.05, 0) is 18.2 Å². The molecule has 2 N–H and O–H groups in total. The van der Waals surface area contributed by atoms with Gasteiger partial charge >= 0.3 is 0 Å². The van der Waals surface area contributed by atoms with Crippen LogP contribution in [-0.2, 0) is 0 Å². The third kappa shape index (κ3) is 4.00. The number of halogens is 2. The van der Waals surface area contributed by atoms with Crippen LogP contribution in [0.3, 0.4) is 0 Å². The molecule has 7 nitrogen and oxygen atoms in total. The zero-order chi connectivity index (χ0) is 15.6. The van der Waals surface area contributed by atoms with Gasteiger partial charge in [0.25, 0.3) is 5.91 Å². The van der Waals surface area contributed by atoms with Gasteiger partial charge in [-0.25, -0.2) is 4.98 Å². The van der Waals surface area contributed by atoms with Crippen molar-refractivity contribution >= 4 is 30.7 Å². The smallest absolute Gasteiger partial charge is 0.273 e. The topological polar surface area (TPSA) is 85.6 Å². The maximum Gasteiger partial charge on any atom is 0.273 e. The summed E-state index contributed by atoms with van der Waals surface area (Å²) in [6.45, 7) is 3.56. The van der Waals surface area contributed by atoms with Crippen molar-refractivity contribution in [2.75, 3.05) is 32.8 Å². The van der Waals surface area contributed by atoms with Crippen LogP contribution in [0.1, 0.15) is 10.5 Å². The van der Waals surface area contributed by atoms with Crippen LogP contribution in [-0.4, -0.2) is 43.7 Å². The minimum absolute atomic E-state index is 0. The number of amides is 1. The molecule has 1 aromatic carbocycles. The minimum atomic E-state index is -0.226. The first-order valence-electron chi connectivity index (χ1n) is 7.63. The van der Waals surface area contributed by atoms with Gasteiger partial charge in [0.2, 0.25) is 0 Å². The van der Waals surface area contributed by atoms with Crippen LogP contribution in [0.4, 0.5) is 0 Å². The number of hydrogen-bond donors (Lipinski definition) is 2. The molecule has 1 saturated heterocycles. The number of fused-ring (bicyclic) bond motifs is 1. The van der Waals surface area contributed by atoms with Crippen molar-refractivity contribution in [3.8, 4) is 22.8 Å². The zero-order valence-electron chi connectivity index (χ0n) is 13.3. The number of hydrogen-bond acceptors (Lipinski definition) is 6. The van der Waals surface area contributed by atoms with Crippen LogP contribution in [0.5, 0.6) is 11.5 Å². The van der Waals surface area contributed by atoms with Crippen molar-refractivity contribution in [1.29, 1.82) is 0 Å². The van der Waals surface area contributed by atoms with Crippen LogP contribution in [0.25, 0.3) is 11.3 Å². The van der Waals surface area contributed by atoms with Gasteiger partial charge in [0.15, 0.2) is 29.3 Å². The van der Waals surface area contributed by atoms with Crippen molar-refractivity contribution in [2.24, 2.45) is 5.92 Å². The monoisotopic (exact) mass is 387 g/mol. The highest BCUT2D eigenvalue weighted by molar-refractivity contribution is 5.97. The molecular weight excluding hydrogens is 369 g/mol. The molecule has 0 atom stereocenters. The molecular formula is C16H19Cl2N3O4. The quantitative estimate of drug-likeness (QED) is 0.833. The van der Waals surface area contributed by atoms with Crippen LogP contribution >= 0.6 is 24.8 Å². The number of aromatic nitrogens is 1. The summed E-state index contributed by atoms with van der Waals surface area (Å²) >= 11 is 0. The van der Waals surface area contributed by atoms with Crippen molar-refractivity contribution in [1.82, 2.24) is 15.6 Å². The average molecular weight is 388 g/mol. The molecule has 2 aromatic rings. The van der Waals surface area contributed by atoms with Gasteiger partial charge in [0, 0.05) is 31.1 Å². The van der Waals surface area contributed by atoms with Gasteiger partial charge in [-0.3, -0.25) is 4.79 Å². The molecule has 2 aliphatic rings. The molecule has 1 aromatic heterocycles. The van der Waals surface area contributed by atoms with E-state index >= 15 is 0 Å². The van der Waals surface area contributed by atoms with Gasteiger partial charge < -0.3 is 24.5 Å². The van der Waals surface area contributed by atoms with Crippen molar-refractivity contribution in [3.63, 3.8) is 0 Å². The second-order valence-corrected chi connectivity index (χ2v) is 5.62. The van der Waals surface area contributed by atoms with E-state index in [1.807, 2.05) is 18.2 Å². The summed E-state index contributed by atoms with van der Waals surface area (Å²) < 4.78 is 16.5. The molecule has 3 heterocycles. The van der Waals surface area contributed by atoms with Crippen LogP contribution < -0.4 is 20.1 Å². The van der Waals surface area contributed by atoms with E-state index in [-0.39, 0.29) is 36.4 Å². The molecule has 25 heavy (non-hydrogen) atoms. The lowest BCUT2D eigenvalue weighted by molar-refractivity contribution is 0.0938. The Kier molecular flexibility index (Phi) is 6.52. The maximum absolute atomic E-state index is 12.3. The van der Waals surface area contributed by atoms with Gasteiger partial charge in [0.05, 0.1) is 0 Å². The van der Waals surface area contributed by atoms with E-state index in [2.05, 4.69) is 15.6 Å². The lowest BCUT2D eigenvalue weighted by atomic mass is 10.0. The highest BCUT2D eigenvalue weighted by atomic mass is 35.5. The Labute approximate surface area is 157 Å². The van der Waals surface area contributed by atoms with Crippen LogP contribution in [0, 0.1) is 5.92 Å². The van der Waals surface area contributed by atoms with Crippen LogP contribution in [0.2, 0.25) is 0 Å². The Balaban J connectivity index is 0.00000113. The Morgan fingerprint density at radius 3 is 2.68 bits per heavy atom. The van der Waals surface area contributed by atoms with E-state index < -0.39 is 0 Å². The Morgan fingerprint density at radius 2 is 1.96 bits per heavy atom. The number of oxazole rings is 1. The Hall–Kier alpha value is -1.96. The van der Waals surface area contributed by atoms with Crippen LogP contribution in [0.15, 0.2) is 29.0 Å². The van der Waals surface area contributed by atoms with Crippen molar-refractivity contribution < 1.29 is 18.7 Å². The molecule has 0 aliphatic carbocycles. The number of nitrogens with zero attached hydrogens (tertiary/aromatic N) is 1. The van der Waals surface area contributed by atoms with E-state index in [1.165, 1.54) is 6.39 Å².